The quantitative estimate of drug-likeness (QED) is 0.330. The summed E-state index contributed by atoms with van der Waals surface area (Å²) in [5, 5.41) is 10.4. The number of benzene rings is 3. The lowest BCUT2D eigenvalue weighted by molar-refractivity contribution is 0.0858. The van der Waals surface area contributed by atoms with Crippen LogP contribution >= 0.6 is 0 Å². The zero-order valence-electron chi connectivity index (χ0n) is 21.9. The average Bonchev–Trinajstić information content (AvgIpc) is 3.67. The number of hydrogen-bond acceptors (Lipinski definition) is 8. The number of nitrogens with one attached hydrogen (secondary N) is 2. The van der Waals surface area contributed by atoms with E-state index in [1.165, 1.54) is 10.9 Å². The first-order valence-corrected chi connectivity index (χ1v) is 13.1. The van der Waals surface area contributed by atoms with Gasteiger partial charge in [-0.2, -0.15) is 9.78 Å². The van der Waals surface area contributed by atoms with Gasteiger partial charge in [0.25, 0.3) is 11.5 Å². The van der Waals surface area contributed by atoms with Crippen molar-refractivity contribution in [3.8, 4) is 28.7 Å². The fourth-order valence-corrected chi connectivity index (χ4v) is 4.53. The predicted molar refractivity (Wildman–Crippen MR) is 148 cm³/mol. The molecule has 1 atom stereocenters. The first-order chi connectivity index (χ1) is 19.5. The number of aryl methyl sites for hydroxylation is 1. The largest absolute Gasteiger partial charge is 0.454 e. The summed E-state index contributed by atoms with van der Waals surface area (Å²) in [7, 11) is 0. The Morgan fingerprint density at radius 2 is 1.85 bits per heavy atom. The number of anilines is 2. The summed E-state index contributed by atoms with van der Waals surface area (Å²) in [6.45, 7) is 3.33. The number of amides is 1. The Morgan fingerprint density at radius 3 is 2.62 bits per heavy atom. The average molecular weight is 541 g/mol. The van der Waals surface area contributed by atoms with Crippen LogP contribution < -0.4 is 30.4 Å². The van der Waals surface area contributed by atoms with Crippen molar-refractivity contribution in [1.82, 2.24) is 15.1 Å². The third-order valence-electron chi connectivity index (χ3n) is 6.72. The zero-order valence-corrected chi connectivity index (χ0v) is 21.9. The summed E-state index contributed by atoms with van der Waals surface area (Å²) in [6, 6.07) is 19.5. The maximum absolute atomic E-state index is 13.7. The molecule has 0 spiro atoms. The monoisotopic (exact) mass is 540 g/mol. The highest BCUT2D eigenvalue weighted by Crippen LogP contribution is 2.37. The van der Waals surface area contributed by atoms with Gasteiger partial charge in [-0.3, -0.25) is 9.59 Å². The van der Waals surface area contributed by atoms with Crippen LogP contribution in [0.25, 0.3) is 5.69 Å². The lowest BCUT2D eigenvalue weighted by atomic mass is 10.1. The molecule has 3 heterocycles. The van der Waals surface area contributed by atoms with Gasteiger partial charge in [0.1, 0.15) is 5.75 Å². The number of carbonyl (C=O) groups is 1. The Hall–Kier alpha value is -4.83. The van der Waals surface area contributed by atoms with Crippen LogP contribution in [0, 0.1) is 6.92 Å². The second kappa shape index (κ2) is 11.1. The predicted octanol–water partition coefficient (Wildman–Crippen LogP) is 4.71. The normalized spacial score (nSPS) is 15.6. The van der Waals surface area contributed by atoms with Crippen molar-refractivity contribution in [3.63, 3.8) is 0 Å². The summed E-state index contributed by atoms with van der Waals surface area (Å²) < 4.78 is 23.8. The molecule has 4 aromatic rings. The molecule has 204 valence electrons. The van der Waals surface area contributed by atoms with E-state index in [4.69, 9.17) is 18.9 Å². The lowest BCUT2D eigenvalue weighted by Gasteiger charge is -2.15. The van der Waals surface area contributed by atoms with Crippen LogP contribution in [0.2, 0.25) is 0 Å². The molecule has 0 radical (unpaired) electrons. The van der Waals surface area contributed by atoms with Gasteiger partial charge in [-0.15, -0.1) is 0 Å². The summed E-state index contributed by atoms with van der Waals surface area (Å²) in [6.07, 6.45) is 3.52. The van der Waals surface area contributed by atoms with E-state index in [-0.39, 0.29) is 30.2 Å². The maximum Gasteiger partial charge on any atom is 0.299 e. The van der Waals surface area contributed by atoms with Gasteiger partial charge < -0.3 is 29.6 Å². The smallest absolute Gasteiger partial charge is 0.299 e. The molecular formula is C30H28N4O6. The van der Waals surface area contributed by atoms with E-state index in [0.29, 0.717) is 40.7 Å². The number of fused-ring (bicyclic) bond motifs is 1. The first kappa shape index (κ1) is 25.4. The van der Waals surface area contributed by atoms with E-state index in [1.807, 2.05) is 31.2 Å². The van der Waals surface area contributed by atoms with E-state index in [2.05, 4.69) is 15.7 Å². The molecule has 10 heteroatoms. The minimum absolute atomic E-state index is 0.0652. The van der Waals surface area contributed by atoms with Gasteiger partial charge in [0, 0.05) is 30.5 Å². The van der Waals surface area contributed by atoms with Crippen LogP contribution in [0.3, 0.4) is 0 Å². The van der Waals surface area contributed by atoms with Crippen LogP contribution in [0.1, 0.15) is 28.8 Å². The molecule has 6 rings (SSSR count). The molecular weight excluding hydrogens is 512 g/mol. The van der Waals surface area contributed by atoms with Crippen molar-refractivity contribution in [3.05, 3.63) is 94.4 Å². The van der Waals surface area contributed by atoms with E-state index in [1.54, 1.807) is 42.5 Å². The molecule has 2 N–H and O–H groups in total. The first-order valence-electron chi connectivity index (χ1n) is 13.1. The molecule has 0 aliphatic carbocycles. The number of carbonyl (C=O) groups excluding carboxylic acids is 1. The second-order valence-corrected chi connectivity index (χ2v) is 9.60. The highest BCUT2D eigenvalue weighted by Gasteiger charge is 2.19. The number of hydrogen-bond donors (Lipinski definition) is 2. The molecule has 1 amide bonds. The molecule has 10 nitrogen and oxygen atoms in total. The molecule has 1 fully saturated rings. The SMILES string of the molecule is Cc1ccc(-n2ncc(Oc3ccc4c(c3)OCO4)c(Nc3ccc(C(=O)NC[C@@H]4CCCO4)cc3)c2=O)cc1. The molecule has 40 heavy (non-hydrogen) atoms. The van der Waals surface area contributed by atoms with Crippen LogP contribution in [0.4, 0.5) is 11.4 Å². The Labute approximate surface area is 230 Å². The van der Waals surface area contributed by atoms with Gasteiger partial charge in [-0.1, -0.05) is 17.7 Å². The van der Waals surface area contributed by atoms with E-state index in [9.17, 15) is 9.59 Å². The van der Waals surface area contributed by atoms with Gasteiger partial charge in [0.2, 0.25) is 6.79 Å². The van der Waals surface area contributed by atoms with Crippen molar-refractivity contribution in [2.75, 3.05) is 25.3 Å². The minimum atomic E-state index is -0.402. The molecule has 2 aliphatic rings. The van der Waals surface area contributed by atoms with Gasteiger partial charge >= 0.3 is 0 Å². The standard InChI is InChI=1S/C30H28N4O6/c1-19-4-10-22(11-5-19)34-30(36)28(27(17-32-34)40-23-12-13-25-26(15-23)39-18-38-25)33-21-8-6-20(7-9-21)29(35)31-16-24-3-2-14-37-24/h4-13,15,17,24,33H,2-3,14,16,18H2,1H3,(H,31,35)/t24-/m0/s1. The molecule has 1 saturated heterocycles. The number of nitrogens with zero attached hydrogens (tertiary/aromatic N) is 2. The highest BCUT2D eigenvalue weighted by molar-refractivity contribution is 5.94. The fourth-order valence-electron chi connectivity index (χ4n) is 4.53. The number of rotatable bonds is 8. The van der Waals surface area contributed by atoms with Gasteiger partial charge in [0.15, 0.2) is 22.9 Å². The topological polar surface area (TPSA) is 113 Å². The lowest BCUT2D eigenvalue weighted by Crippen LogP contribution is -2.31. The summed E-state index contributed by atoms with van der Waals surface area (Å²) in [5.74, 6) is 1.69. The number of ether oxygens (including phenoxy) is 4. The third-order valence-corrected chi connectivity index (χ3v) is 6.72. The maximum atomic E-state index is 13.7. The Kier molecular flexibility index (Phi) is 7.07. The van der Waals surface area contributed by atoms with Crippen LogP contribution in [0.15, 0.2) is 77.7 Å². The minimum Gasteiger partial charge on any atom is -0.454 e. The number of aromatic nitrogens is 2. The van der Waals surface area contributed by atoms with E-state index in [0.717, 1.165) is 25.0 Å². The summed E-state index contributed by atoms with van der Waals surface area (Å²) in [4.78, 5) is 26.3. The molecule has 2 aliphatic heterocycles. The Balaban J connectivity index is 1.27. The third kappa shape index (κ3) is 5.48. The van der Waals surface area contributed by atoms with Crippen molar-refractivity contribution in [1.29, 1.82) is 0 Å². The van der Waals surface area contributed by atoms with E-state index >= 15 is 0 Å². The van der Waals surface area contributed by atoms with Gasteiger partial charge in [-0.25, -0.2) is 0 Å². The second-order valence-electron chi connectivity index (χ2n) is 9.60. The fraction of sp³-hybridized carbons (Fsp3) is 0.233. The van der Waals surface area contributed by atoms with Crippen LogP contribution in [0.5, 0.6) is 23.0 Å². The van der Waals surface area contributed by atoms with Crippen molar-refractivity contribution >= 4 is 17.3 Å². The summed E-state index contributed by atoms with van der Waals surface area (Å²) in [5.41, 5.74) is 2.57. The Morgan fingerprint density at radius 1 is 1.05 bits per heavy atom. The molecule has 1 aromatic heterocycles. The van der Waals surface area contributed by atoms with Gasteiger partial charge in [0.05, 0.1) is 18.0 Å². The Bertz CT molecular complexity index is 1580. The van der Waals surface area contributed by atoms with Gasteiger partial charge in [-0.05, 0) is 68.3 Å². The zero-order chi connectivity index (χ0) is 27.5. The van der Waals surface area contributed by atoms with Crippen molar-refractivity contribution in [2.45, 2.75) is 25.9 Å². The van der Waals surface area contributed by atoms with Crippen LogP contribution in [-0.2, 0) is 4.74 Å². The molecule has 3 aromatic carbocycles. The van der Waals surface area contributed by atoms with E-state index < -0.39 is 5.56 Å². The van der Waals surface area contributed by atoms with Crippen molar-refractivity contribution < 1.29 is 23.7 Å². The molecule has 0 bridgehead atoms. The van der Waals surface area contributed by atoms with Crippen molar-refractivity contribution in [2.24, 2.45) is 0 Å². The molecule has 0 saturated carbocycles. The highest BCUT2D eigenvalue weighted by atomic mass is 16.7. The van der Waals surface area contributed by atoms with Crippen LogP contribution in [-0.4, -0.2) is 41.7 Å². The molecule has 0 unspecified atom stereocenters. The summed E-state index contributed by atoms with van der Waals surface area (Å²) >= 11 is 0.